The van der Waals surface area contributed by atoms with Crippen LogP contribution in [0, 0.1) is 11.8 Å². The van der Waals surface area contributed by atoms with Crippen LogP contribution in [0.2, 0.25) is 0 Å². The van der Waals surface area contributed by atoms with Crippen molar-refractivity contribution < 1.29 is 84.5 Å². The smallest absolute Gasteiger partial charge is 0.540 e. The minimum atomic E-state index is -4.98. The number of hydrogen-bond donors (Lipinski definition) is 3. The van der Waals surface area contributed by atoms with Gasteiger partial charge in [-0.05, 0) is 54.5 Å². The molecule has 0 radical (unpaired) electrons. The summed E-state index contributed by atoms with van der Waals surface area (Å²) in [5.74, 6) is 6.45. The van der Waals surface area contributed by atoms with Gasteiger partial charge in [-0.25, -0.2) is 0 Å². The summed E-state index contributed by atoms with van der Waals surface area (Å²) in [6, 6.07) is 8.78. The summed E-state index contributed by atoms with van der Waals surface area (Å²) < 4.78 is 80.3. The number of nitrogens with two attached hydrogens (primary N) is 2. The summed E-state index contributed by atoms with van der Waals surface area (Å²) in [4.78, 5) is 5.74. The van der Waals surface area contributed by atoms with Crippen LogP contribution < -0.4 is 75.1 Å². The van der Waals surface area contributed by atoms with E-state index in [0.717, 1.165) is 35.3 Å². The third kappa shape index (κ3) is 10.1. The minimum absolute atomic E-state index is 0. The first kappa shape index (κ1) is 34.6. The number of para-hydroxylation sites is 1. The number of halogens is 6. The summed E-state index contributed by atoms with van der Waals surface area (Å²) in [5.41, 5.74) is 8.10. The van der Waals surface area contributed by atoms with Crippen molar-refractivity contribution in [2.75, 3.05) is 11.9 Å². The van der Waals surface area contributed by atoms with E-state index in [9.17, 15) is 26.3 Å². The van der Waals surface area contributed by atoms with Crippen LogP contribution in [0.25, 0.3) is 16.4 Å². The molecule has 2 aliphatic carbocycles. The van der Waals surface area contributed by atoms with Gasteiger partial charge in [-0.15, -0.1) is 0 Å². The molecule has 0 amide bonds. The number of benzene rings is 2. The molecule has 0 unspecified atom stereocenters. The number of nitrogens with zero attached hydrogens (tertiary/aromatic N) is 4. The number of nitrogens with one attached hydrogen (secondary N) is 1. The molecule has 2 fully saturated rings. The van der Waals surface area contributed by atoms with Crippen LogP contribution in [-0.4, -0.2) is 22.4 Å². The van der Waals surface area contributed by atoms with E-state index >= 15 is 0 Å². The maximum absolute atomic E-state index is 13.4. The third-order valence-corrected chi connectivity index (χ3v) is 6.85. The zero-order valence-corrected chi connectivity index (χ0v) is 28.4. The summed E-state index contributed by atoms with van der Waals surface area (Å²) in [6.45, 7) is 2.53. The van der Waals surface area contributed by atoms with Gasteiger partial charge in [0.05, 0.1) is 22.3 Å². The third-order valence-electron chi connectivity index (χ3n) is 6.85. The largest absolute Gasteiger partial charge is 1.00 e. The first-order valence-corrected chi connectivity index (χ1v) is 13.2. The molecule has 0 atom stereocenters. The second kappa shape index (κ2) is 14.7. The topological polar surface area (TPSA) is 107 Å². The molecule has 14 heteroatoms. The van der Waals surface area contributed by atoms with Crippen LogP contribution in [0.3, 0.4) is 0 Å². The van der Waals surface area contributed by atoms with Crippen LogP contribution in [0.5, 0.6) is 0 Å². The molecule has 3 aromatic rings. The fourth-order valence-electron chi connectivity index (χ4n) is 4.12. The molecular formula is C28H32F6N7Rb. The van der Waals surface area contributed by atoms with Gasteiger partial charge < -0.3 is 32.4 Å². The van der Waals surface area contributed by atoms with E-state index in [1.165, 1.54) is 17.7 Å². The minimum Gasteiger partial charge on any atom is -0.540 e. The molecule has 0 spiro atoms. The van der Waals surface area contributed by atoms with Crippen molar-refractivity contribution in [2.45, 2.75) is 58.0 Å². The van der Waals surface area contributed by atoms with Crippen LogP contribution in [0.1, 0.15) is 54.9 Å². The fourth-order valence-corrected chi connectivity index (χ4v) is 4.12. The zero-order chi connectivity index (χ0) is 29.8. The van der Waals surface area contributed by atoms with Crippen molar-refractivity contribution in [3.05, 3.63) is 76.5 Å². The summed E-state index contributed by atoms with van der Waals surface area (Å²) in [7, 11) is 0. The van der Waals surface area contributed by atoms with Gasteiger partial charge in [-0.2, -0.15) is 26.3 Å². The zero-order valence-electron chi connectivity index (χ0n) is 23.4. The van der Waals surface area contributed by atoms with E-state index in [-0.39, 0.29) is 82.3 Å². The number of rotatable bonds is 8. The Bertz CT molecular complexity index is 1340. The van der Waals surface area contributed by atoms with E-state index in [4.69, 9.17) is 11.6 Å². The van der Waals surface area contributed by atoms with Crippen molar-refractivity contribution in [3.8, 4) is 0 Å². The second-order valence-electron chi connectivity index (χ2n) is 10.5. The van der Waals surface area contributed by atoms with E-state index in [1.54, 1.807) is 6.20 Å². The molecule has 2 saturated carbocycles. The van der Waals surface area contributed by atoms with Gasteiger partial charge in [0, 0.05) is 36.8 Å². The SMILES string of the molecule is CC1CC1.N[N-]/N=C(\N)N(Cc1cc(C(F)(F)F)cc(C(F)(F)F)c1)Cc1cnc2ccccc2c1NCC1CC1.[Rb+]. The van der Waals surface area contributed by atoms with Crippen LogP contribution in [0.4, 0.5) is 32.0 Å². The Morgan fingerprint density at radius 2 is 1.60 bits per heavy atom. The molecule has 1 heterocycles. The fraction of sp³-hybridized carbons (Fsp3) is 0.429. The monoisotopic (exact) mass is 665 g/mol. The summed E-state index contributed by atoms with van der Waals surface area (Å²) in [5, 5.41) is 7.81. The first-order chi connectivity index (χ1) is 19.3. The molecule has 222 valence electrons. The maximum atomic E-state index is 13.4. The Hall–Kier alpha value is -1.93. The molecule has 0 saturated heterocycles. The van der Waals surface area contributed by atoms with Gasteiger partial charge in [0.15, 0.2) is 5.96 Å². The van der Waals surface area contributed by atoms with Crippen molar-refractivity contribution >= 4 is 22.5 Å². The molecule has 1 aromatic heterocycles. The molecule has 0 aliphatic heterocycles. The average Bonchev–Trinajstić information content (AvgIpc) is 3.85. The molecule has 5 rings (SSSR count). The molecule has 5 N–H and O–H groups in total. The number of anilines is 1. The van der Waals surface area contributed by atoms with E-state index in [1.807, 2.05) is 24.3 Å². The van der Waals surface area contributed by atoms with E-state index < -0.39 is 30.0 Å². The first-order valence-electron chi connectivity index (χ1n) is 13.2. The summed E-state index contributed by atoms with van der Waals surface area (Å²) in [6.07, 6.45) is -3.19. The number of alkyl halides is 6. The van der Waals surface area contributed by atoms with Gasteiger partial charge in [0.25, 0.3) is 0 Å². The normalized spacial score (nSPS) is 15.4. The average molecular weight is 666 g/mol. The summed E-state index contributed by atoms with van der Waals surface area (Å²) >= 11 is 0. The maximum Gasteiger partial charge on any atom is 1.00 e. The number of pyridine rings is 1. The molecule has 2 aliphatic rings. The van der Waals surface area contributed by atoms with Crippen molar-refractivity contribution in [1.82, 2.24) is 9.88 Å². The number of hydrogen-bond acceptors (Lipinski definition) is 4. The Morgan fingerprint density at radius 1 is 1.00 bits per heavy atom. The van der Waals surface area contributed by atoms with Gasteiger partial charge in [0.1, 0.15) is 0 Å². The van der Waals surface area contributed by atoms with E-state index in [0.29, 0.717) is 30.2 Å². The Kier molecular flexibility index (Phi) is 12.1. The number of aromatic nitrogens is 1. The van der Waals surface area contributed by atoms with Crippen LogP contribution in [0.15, 0.2) is 53.8 Å². The Balaban J connectivity index is 0.000000892. The van der Waals surface area contributed by atoms with E-state index in [2.05, 4.69) is 27.9 Å². The number of fused-ring (bicyclic) bond motifs is 1. The molecular weight excluding hydrogens is 634 g/mol. The van der Waals surface area contributed by atoms with Crippen LogP contribution in [-0.2, 0) is 25.4 Å². The van der Waals surface area contributed by atoms with Crippen molar-refractivity contribution in [3.63, 3.8) is 0 Å². The van der Waals surface area contributed by atoms with Crippen molar-refractivity contribution in [2.24, 2.45) is 28.5 Å². The standard InChI is InChI=1S/C24H24F6N7.C4H8.Rb/c25-23(26,27)17-7-15(8-18(9-17)24(28,29)30)12-37(22(31)35-36-32)13-16-11-33-20-4-2-1-3-19(20)21(16)34-10-14-5-6-14;1-4-2-3-4;/h1-4,7-9,11,14H,5-6,10,12-13,32H2,(H2,31,35)(H,33,34);4H,2-3H2,1H3;/q-1;;+1. The van der Waals surface area contributed by atoms with Gasteiger partial charge >= 0.3 is 70.5 Å². The van der Waals surface area contributed by atoms with Gasteiger partial charge in [-0.3, -0.25) is 4.98 Å². The predicted octanol–water partition coefficient (Wildman–Crippen LogP) is 3.99. The predicted molar refractivity (Wildman–Crippen MR) is 146 cm³/mol. The molecule has 7 nitrogen and oxygen atoms in total. The molecule has 42 heavy (non-hydrogen) atoms. The molecule has 2 aromatic carbocycles. The van der Waals surface area contributed by atoms with Gasteiger partial charge in [-0.1, -0.05) is 38.0 Å². The Labute approximate surface area is 289 Å². The number of guanidine groups is 1. The van der Waals surface area contributed by atoms with Crippen LogP contribution >= 0.6 is 0 Å². The second-order valence-corrected chi connectivity index (χ2v) is 10.5. The van der Waals surface area contributed by atoms with Gasteiger partial charge in [0.2, 0.25) is 0 Å². The quantitative estimate of drug-likeness (QED) is 0.111. The Morgan fingerprint density at radius 3 is 2.12 bits per heavy atom. The molecule has 0 bridgehead atoms. The van der Waals surface area contributed by atoms with Crippen molar-refractivity contribution in [1.29, 1.82) is 0 Å².